The minimum absolute atomic E-state index is 0.0136. The van der Waals surface area contributed by atoms with Crippen molar-refractivity contribution in [2.75, 3.05) is 0 Å². The minimum atomic E-state index is -4.21. The first-order chi connectivity index (χ1) is 21.4. The van der Waals surface area contributed by atoms with E-state index in [-0.39, 0.29) is 53.1 Å². The highest BCUT2D eigenvalue weighted by Gasteiger charge is 2.24. The number of sulfonamides is 1. The normalized spacial score (nSPS) is 12.0. The van der Waals surface area contributed by atoms with Crippen LogP contribution in [0.2, 0.25) is 5.02 Å². The van der Waals surface area contributed by atoms with Crippen LogP contribution in [0, 0.1) is 18.7 Å². The van der Waals surface area contributed by atoms with Crippen LogP contribution in [0.3, 0.4) is 0 Å². The van der Waals surface area contributed by atoms with Crippen LogP contribution in [0.15, 0.2) is 95.9 Å². The number of nitrogens with one attached hydrogen (secondary N) is 2. The smallest absolute Gasteiger partial charge is 0.265 e. The van der Waals surface area contributed by atoms with Gasteiger partial charge in [0, 0.05) is 12.0 Å². The number of halogens is 2. The highest BCUT2D eigenvalue weighted by atomic mass is 35.5. The monoisotopic (exact) mass is 650 g/mol. The molecule has 1 unspecified atom stereocenters. The SMILES string of the molecule is Cc1cccc(Cl)c1S(=O)(=O)NC(=O)CCc1ccc(COc2ccccc2)cc1C(=O)NC(CC(C)C)c1ccc(F)cc1. The van der Waals surface area contributed by atoms with E-state index in [1.54, 1.807) is 43.3 Å². The number of hydrogen-bond acceptors (Lipinski definition) is 5. The highest BCUT2D eigenvalue weighted by molar-refractivity contribution is 7.90. The van der Waals surface area contributed by atoms with Crippen molar-refractivity contribution in [1.82, 2.24) is 10.0 Å². The Bertz CT molecular complexity index is 1730. The highest BCUT2D eigenvalue weighted by Crippen LogP contribution is 2.26. The predicted molar refractivity (Wildman–Crippen MR) is 173 cm³/mol. The summed E-state index contributed by atoms with van der Waals surface area (Å²) < 4.78 is 47.5. The molecule has 1 atom stereocenters. The maximum absolute atomic E-state index is 13.8. The Labute approximate surface area is 268 Å². The fourth-order valence-corrected chi connectivity index (χ4v) is 6.81. The Morgan fingerprint density at radius 1 is 0.933 bits per heavy atom. The molecule has 0 saturated carbocycles. The number of benzene rings is 4. The van der Waals surface area contributed by atoms with Crippen LogP contribution in [0.5, 0.6) is 5.75 Å². The molecule has 4 aromatic carbocycles. The van der Waals surface area contributed by atoms with Crippen molar-refractivity contribution in [3.8, 4) is 5.75 Å². The molecule has 0 aliphatic carbocycles. The summed E-state index contributed by atoms with van der Waals surface area (Å²) in [6.07, 6.45) is 0.512. The summed E-state index contributed by atoms with van der Waals surface area (Å²) in [5.74, 6) is -0.570. The Hall–Kier alpha value is -4.21. The van der Waals surface area contributed by atoms with Gasteiger partial charge in [-0.2, -0.15) is 0 Å². The summed E-state index contributed by atoms with van der Waals surface area (Å²) in [6.45, 7) is 5.87. The van der Waals surface area contributed by atoms with Gasteiger partial charge in [0.05, 0.1) is 11.1 Å². The Morgan fingerprint density at radius 3 is 2.31 bits per heavy atom. The fraction of sp³-hybridized carbons (Fsp3) is 0.257. The van der Waals surface area contributed by atoms with Crippen LogP contribution >= 0.6 is 11.6 Å². The quantitative estimate of drug-likeness (QED) is 0.158. The molecule has 7 nitrogen and oxygen atoms in total. The molecule has 0 bridgehead atoms. The maximum Gasteiger partial charge on any atom is 0.265 e. The van der Waals surface area contributed by atoms with Gasteiger partial charge in [-0.05, 0) is 84.3 Å². The van der Waals surface area contributed by atoms with E-state index in [2.05, 4.69) is 10.0 Å². The van der Waals surface area contributed by atoms with Gasteiger partial charge in [-0.25, -0.2) is 17.5 Å². The summed E-state index contributed by atoms with van der Waals surface area (Å²) in [7, 11) is -4.21. The summed E-state index contributed by atoms with van der Waals surface area (Å²) in [5.41, 5.74) is 2.80. The predicted octanol–water partition coefficient (Wildman–Crippen LogP) is 7.32. The van der Waals surface area contributed by atoms with Crippen LogP contribution in [-0.2, 0) is 27.8 Å². The van der Waals surface area contributed by atoms with Crippen molar-refractivity contribution >= 4 is 33.4 Å². The minimum Gasteiger partial charge on any atom is -0.489 e. The number of hydrogen-bond donors (Lipinski definition) is 2. The third kappa shape index (κ3) is 9.39. The molecule has 236 valence electrons. The lowest BCUT2D eigenvalue weighted by atomic mass is 9.95. The van der Waals surface area contributed by atoms with Crippen molar-refractivity contribution < 1.29 is 27.1 Å². The first-order valence-corrected chi connectivity index (χ1v) is 16.5. The van der Waals surface area contributed by atoms with E-state index >= 15 is 0 Å². The lowest BCUT2D eigenvalue weighted by molar-refractivity contribution is -0.119. The Kier molecular flexibility index (Phi) is 11.4. The van der Waals surface area contributed by atoms with E-state index < -0.39 is 15.9 Å². The van der Waals surface area contributed by atoms with Crippen molar-refractivity contribution in [3.05, 3.63) is 130 Å². The average Bonchev–Trinajstić information content (AvgIpc) is 2.99. The van der Waals surface area contributed by atoms with E-state index in [0.29, 0.717) is 28.9 Å². The van der Waals surface area contributed by atoms with E-state index in [0.717, 1.165) is 11.1 Å². The molecule has 0 fully saturated rings. The van der Waals surface area contributed by atoms with Gasteiger partial charge in [0.25, 0.3) is 15.9 Å². The number of amides is 2. The number of carbonyl (C=O) groups excluding carboxylic acids is 2. The van der Waals surface area contributed by atoms with Gasteiger partial charge < -0.3 is 10.1 Å². The van der Waals surface area contributed by atoms with Gasteiger partial charge in [-0.3, -0.25) is 9.59 Å². The van der Waals surface area contributed by atoms with Crippen molar-refractivity contribution in [3.63, 3.8) is 0 Å². The van der Waals surface area contributed by atoms with Crippen LogP contribution in [-0.4, -0.2) is 20.2 Å². The second kappa shape index (κ2) is 15.2. The number of rotatable bonds is 13. The molecule has 0 spiro atoms. The molecule has 0 aliphatic rings. The summed E-state index contributed by atoms with van der Waals surface area (Å²) in [5, 5.41) is 3.10. The molecule has 0 aromatic heterocycles. The molecule has 0 radical (unpaired) electrons. The molecule has 4 rings (SSSR count). The molecule has 45 heavy (non-hydrogen) atoms. The Morgan fingerprint density at radius 2 is 1.64 bits per heavy atom. The topological polar surface area (TPSA) is 102 Å². The molecular formula is C35H36ClFN2O5S. The lowest BCUT2D eigenvalue weighted by Crippen LogP contribution is -2.32. The van der Waals surface area contributed by atoms with Crippen molar-refractivity contribution in [1.29, 1.82) is 0 Å². The van der Waals surface area contributed by atoms with Crippen LogP contribution in [0.25, 0.3) is 0 Å². The maximum atomic E-state index is 13.8. The first kappa shape index (κ1) is 33.7. The van der Waals surface area contributed by atoms with E-state index in [1.165, 1.54) is 18.2 Å². The van der Waals surface area contributed by atoms with Gasteiger partial charge in [0.15, 0.2) is 0 Å². The standard InChI is InChI=1S/C35H36ClFN2O5S/c1-23(2)20-32(27-14-17-28(37)18-15-27)38-35(41)30-21-25(22-44-29-9-5-4-6-10-29)12-13-26(30)16-19-33(40)39-45(42,43)34-24(3)8-7-11-31(34)36/h4-15,17-18,21,23,32H,16,19-20,22H2,1-3H3,(H,38,41)(H,39,40). The zero-order chi connectivity index (χ0) is 32.6. The van der Waals surface area contributed by atoms with Gasteiger partial charge >= 0.3 is 0 Å². The van der Waals surface area contributed by atoms with E-state index in [1.807, 2.05) is 50.2 Å². The average molecular weight is 651 g/mol. The van der Waals surface area contributed by atoms with E-state index in [9.17, 15) is 22.4 Å². The van der Waals surface area contributed by atoms with Crippen LogP contribution in [0.4, 0.5) is 4.39 Å². The fourth-order valence-electron chi connectivity index (χ4n) is 4.96. The molecule has 10 heteroatoms. The second-order valence-corrected chi connectivity index (χ2v) is 13.2. The van der Waals surface area contributed by atoms with Crippen molar-refractivity contribution in [2.45, 2.75) is 57.6 Å². The molecule has 2 amide bonds. The molecular weight excluding hydrogens is 615 g/mol. The van der Waals surface area contributed by atoms with Crippen molar-refractivity contribution in [2.24, 2.45) is 5.92 Å². The number of carbonyl (C=O) groups is 2. The largest absolute Gasteiger partial charge is 0.489 e. The summed E-state index contributed by atoms with van der Waals surface area (Å²) >= 11 is 6.13. The molecule has 0 saturated heterocycles. The molecule has 0 aliphatic heterocycles. The first-order valence-electron chi connectivity index (χ1n) is 14.6. The van der Waals surface area contributed by atoms with Gasteiger partial charge in [0.1, 0.15) is 23.1 Å². The van der Waals surface area contributed by atoms with E-state index in [4.69, 9.17) is 16.3 Å². The summed E-state index contributed by atoms with van der Waals surface area (Å²) in [4.78, 5) is 26.5. The molecule has 4 aromatic rings. The van der Waals surface area contributed by atoms with Crippen LogP contribution in [0.1, 0.15) is 65.3 Å². The Balaban J connectivity index is 1.57. The second-order valence-electron chi connectivity index (χ2n) is 11.2. The third-order valence-corrected chi connectivity index (χ3v) is 9.16. The third-order valence-electron chi connectivity index (χ3n) is 7.15. The summed E-state index contributed by atoms with van der Waals surface area (Å²) in [6, 6.07) is 24.8. The number of aryl methyl sites for hydroxylation is 2. The molecule has 0 heterocycles. The zero-order valence-electron chi connectivity index (χ0n) is 25.3. The van der Waals surface area contributed by atoms with Crippen LogP contribution < -0.4 is 14.8 Å². The number of para-hydroxylation sites is 1. The van der Waals surface area contributed by atoms with Gasteiger partial charge in [0.2, 0.25) is 5.91 Å². The van der Waals surface area contributed by atoms with Gasteiger partial charge in [-0.15, -0.1) is 0 Å². The zero-order valence-corrected chi connectivity index (χ0v) is 26.9. The lowest BCUT2D eigenvalue weighted by Gasteiger charge is -2.22. The van der Waals surface area contributed by atoms with Gasteiger partial charge in [-0.1, -0.05) is 80.0 Å². The number of ether oxygens (including phenoxy) is 1. The molecule has 2 N–H and O–H groups in total.